The Kier molecular flexibility index (Phi) is 9.20. The summed E-state index contributed by atoms with van der Waals surface area (Å²) in [6.45, 7) is 5.95. The summed E-state index contributed by atoms with van der Waals surface area (Å²) in [5.41, 5.74) is -1.71. The molecule has 0 bridgehead atoms. The molecule has 206 valence electrons. The van der Waals surface area contributed by atoms with Gasteiger partial charge in [0, 0.05) is 0 Å². The molecule has 0 radical (unpaired) electrons. The van der Waals surface area contributed by atoms with E-state index in [9.17, 15) is 31.9 Å². The molecule has 0 fully saturated rings. The van der Waals surface area contributed by atoms with Gasteiger partial charge >= 0.3 is 11.9 Å². The first kappa shape index (κ1) is 29.2. The van der Waals surface area contributed by atoms with E-state index in [1.807, 2.05) is 0 Å². The van der Waals surface area contributed by atoms with Crippen molar-refractivity contribution in [3.8, 4) is 0 Å². The van der Waals surface area contributed by atoms with E-state index >= 15 is 0 Å². The minimum absolute atomic E-state index is 0.000395. The Morgan fingerprint density at radius 2 is 1.84 bits per heavy atom. The Balaban J connectivity index is 1.88. The van der Waals surface area contributed by atoms with Crippen molar-refractivity contribution < 1.29 is 45.8 Å². The molecule has 0 spiro atoms. The Morgan fingerprint density at radius 3 is 2.42 bits per heavy atom. The van der Waals surface area contributed by atoms with Gasteiger partial charge in [-0.15, -0.1) is 11.3 Å². The first-order chi connectivity index (χ1) is 17.8. The number of alkyl halides is 4. The van der Waals surface area contributed by atoms with Gasteiger partial charge in [0.25, 0.3) is 18.8 Å². The predicted molar refractivity (Wildman–Crippen MR) is 128 cm³/mol. The van der Waals surface area contributed by atoms with E-state index in [0.717, 1.165) is 11.3 Å². The van der Waals surface area contributed by atoms with Gasteiger partial charge in [0.05, 0.1) is 29.8 Å². The van der Waals surface area contributed by atoms with Crippen LogP contribution in [0.2, 0.25) is 5.02 Å². The van der Waals surface area contributed by atoms with Gasteiger partial charge in [-0.2, -0.15) is 5.10 Å². The van der Waals surface area contributed by atoms with Crippen LogP contribution in [-0.2, 0) is 16.0 Å². The fraction of sp³-hybridized carbons (Fsp3) is 0.391. The lowest BCUT2D eigenvalue weighted by Gasteiger charge is -2.10. The molecule has 3 rings (SSSR count). The van der Waals surface area contributed by atoms with Crippen molar-refractivity contribution in [2.24, 2.45) is 0 Å². The van der Waals surface area contributed by atoms with E-state index in [-0.39, 0.29) is 39.1 Å². The maximum Gasteiger partial charge on any atom is 0.348 e. The van der Waals surface area contributed by atoms with Crippen LogP contribution in [0, 0.1) is 6.92 Å². The van der Waals surface area contributed by atoms with E-state index in [1.165, 1.54) is 19.1 Å². The lowest BCUT2D eigenvalue weighted by atomic mass is 10.1. The fourth-order valence-electron chi connectivity index (χ4n) is 3.35. The average molecular weight is 580 g/mol. The summed E-state index contributed by atoms with van der Waals surface area (Å²) in [6, 6.07) is 2.48. The van der Waals surface area contributed by atoms with E-state index in [1.54, 1.807) is 20.8 Å². The van der Waals surface area contributed by atoms with Gasteiger partial charge < -0.3 is 19.2 Å². The maximum atomic E-state index is 13.4. The lowest BCUT2D eigenvalue weighted by molar-refractivity contribution is 0.0379. The standard InChI is InChI=1S/C23H22ClF4N3O6S/c1-5-35-23(34)17-10(4)13(22(33)36-9(2)3)21(38-17)29-20(32)12-7-6-11(37-12)8-31-16(19(27)28)14(24)15(30-31)18(25)26/h6-7,9,18-19H,5,8H2,1-4H3,(H,29,32). The highest BCUT2D eigenvalue weighted by atomic mass is 35.5. The van der Waals surface area contributed by atoms with Crippen molar-refractivity contribution in [1.82, 2.24) is 9.78 Å². The number of nitrogens with zero attached hydrogens (tertiary/aromatic N) is 2. The molecule has 0 aliphatic carbocycles. The van der Waals surface area contributed by atoms with Crippen LogP contribution in [0.4, 0.5) is 22.6 Å². The number of nitrogens with one attached hydrogen (secondary N) is 1. The van der Waals surface area contributed by atoms with Crippen LogP contribution < -0.4 is 5.32 Å². The average Bonchev–Trinajstić information content (AvgIpc) is 3.49. The first-order valence-corrected chi connectivity index (χ1v) is 12.3. The summed E-state index contributed by atoms with van der Waals surface area (Å²) in [5.74, 6) is -2.66. The molecule has 0 aliphatic rings. The number of thiophene rings is 1. The Labute approximate surface area is 222 Å². The third-order valence-corrected chi connectivity index (χ3v) is 6.52. The van der Waals surface area contributed by atoms with Crippen LogP contribution in [0.25, 0.3) is 0 Å². The Bertz CT molecular complexity index is 1350. The molecule has 3 aromatic rings. The number of esters is 2. The third-order valence-electron chi connectivity index (χ3n) is 4.94. The van der Waals surface area contributed by atoms with E-state index < -0.39 is 59.8 Å². The van der Waals surface area contributed by atoms with Gasteiger partial charge in [0.15, 0.2) is 5.76 Å². The molecular weight excluding hydrogens is 558 g/mol. The van der Waals surface area contributed by atoms with Crippen LogP contribution >= 0.6 is 22.9 Å². The summed E-state index contributed by atoms with van der Waals surface area (Å²) >= 11 is 6.45. The lowest BCUT2D eigenvalue weighted by Crippen LogP contribution is -2.16. The van der Waals surface area contributed by atoms with Crippen LogP contribution in [0.1, 0.15) is 86.9 Å². The zero-order chi connectivity index (χ0) is 28.3. The number of carbonyl (C=O) groups excluding carboxylic acids is 3. The smallest absolute Gasteiger partial charge is 0.348 e. The number of anilines is 1. The van der Waals surface area contributed by atoms with E-state index in [2.05, 4.69) is 10.4 Å². The monoisotopic (exact) mass is 579 g/mol. The molecule has 1 amide bonds. The van der Waals surface area contributed by atoms with Crippen LogP contribution in [0.15, 0.2) is 16.5 Å². The van der Waals surface area contributed by atoms with Gasteiger partial charge in [-0.05, 0) is 45.4 Å². The van der Waals surface area contributed by atoms with Crippen molar-refractivity contribution in [2.75, 3.05) is 11.9 Å². The number of hydrogen-bond acceptors (Lipinski definition) is 8. The molecule has 0 saturated heterocycles. The summed E-state index contributed by atoms with van der Waals surface area (Å²) < 4.78 is 69.2. The molecule has 0 atom stereocenters. The molecule has 3 aromatic heterocycles. The van der Waals surface area contributed by atoms with Crippen LogP contribution in [-0.4, -0.2) is 40.3 Å². The number of carbonyl (C=O) groups is 3. The quantitative estimate of drug-likeness (QED) is 0.218. The normalized spacial score (nSPS) is 11.5. The summed E-state index contributed by atoms with van der Waals surface area (Å²) in [7, 11) is 0. The number of aromatic nitrogens is 2. The maximum absolute atomic E-state index is 13.4. The molecule has 1 N–H and O–H groups in total. The van der Waals surface area contributed by atoms with Crippen molar-refractivity contribution in [1.29, 1.82) is 0 Å². The van der Waals surface area contributed by atoms with Gasteiger partial charge in [-0.3, -0.25) is 9.48 Å². The summed E-state index contributed by atoms with van der Waals surface area (Å²) in [6.07, 6.45) is -6.85. The highest BCUT2D eigenvalue weighted by Crippen LogP contribution is 2.36. The van der Waals surface area contributed by atoms with Crippen molar-refractivity contribution >= 4 is 45.8 Å². The second-order valence-electron chi connectivity index (χ2n) is 8.00. The fourth-order valence-corrected chi connectivity index (χ4v) is 4.73. The number of amides is 1. The van der Waals surface area contributed by atoms with Crippen molar-refractivity contribution in [3.05, 3.63) is 56.1 Å². The largest absolute Gasteiger partial charge is 0.462 e. The molecule has 0 aromatic carbocycles. The number of rotatable bonds is 10. The van der Waals surface area contributed by atoms with Gasteiger partial charge in [-0.1, -0.05) is 11.6 Å². The molecule has 38 heavy (non-hydrogen) atoms. The number of halogens is 5. The van der Waals surface area contributed by atoms with Gasteiger partial charge in [-0.25, -0.2) is 27.2 Å². The van der Waals surface area contributed by atoms with Crippen molar-refractivity contribution in [2.45, 2.75) is 53.2 Å². The minimum Gasteiger partial charge on any atom is -0.462 e. The highest BCUT2D eigenvalue weighted by Gasteiger charge is 2.30. The van der Waals surface area contributed by atoms with Crippen molar-refractivity contribution in [3.63, 3.8) is 0 Å². The first-order valence-electron chi connectivity index (χ1n) is 11.1. The second-order valence-corrected chi connectivity index (χ2v) is 9.40. The van der Waals surface area contributed by atoms with Gasteiger partial charge in [0.1, 0.15) is 27.0 Å². The van der Waals surface area contributed by atoms with E-state index in [4.69, 9.17) is 25.5 Å². The molecule has 0 saturated carbocycles. The minimum atomic E-state index is -3.19. The molecular formula is C23H22ClF4N3O6S. The molecule has 0 unspecified atom stereocenters. The molecule has 0 aliphatic heterocycles. The highest BCUT2D eigenvalue weighted by molar-refractivity contribution is 7.18. The second kappa shape index (κ2) is 12.0. The summed E-state index contributed by atoms with van der Waals surface area (Å²) in [4.78, 5) is 38.0. The van der Waals surface area contributed by atoms with E-state index in [0.29, 0.717) is 4.68 Å². The topological polar surface area (TPSA) is 113 Å². The SMILES string of the molecule is CCOC(=O)c1sc(NC(=O)c2ccc(Cn3nc(C(F)F)c(Cl)c3C(F)F)o2)c(C(=O)OC(C)C)c1C. The van der Waals surface area contributed by atoms with Gasteiger partial charge in [0.2, 0.25) is 0 Å². The predicted octanol–water partition coefficient (Wildman–Crippen LogP) is 6.42. The third kappa shape index (κ3) is 6.18. The van der Waals surface area contributed by atoms with Crippen LogP contribution in [0.3, 0.4) is 0 Å². The molecule has 3 heterocycles. The number of ether oxygens (including phenoxy) is 2. The van der Waals surface area contributed by atoms with Crippen LogP contribution in [0.5, 0.6) is 0 Å². The Hall–Kier alpha value is -3.39. The molecule has 9 nitrogen and oxygen atoms in total. The zero-order valence-electron chi connectivity index (χ0n) is 20.4. The summed E-state index contributed by atoms with van der Waals surface area (Å²) in [5, 5.41) is 5.08. The zero-order valence-corrected chi connectivity index (χ0v) is 22.0. The number of hydrogen-bond donors (Lipinski definition) is 1. The Morgan fingerprint density at radius 1 is 1.16 bits per heavy atom. The number of furan rings is 1. The molecule has 15 heteroatoms.